The van der Waals surface area contributed by atoms with Crippen LogP contribution in [0.4, 0.5) is 0 Å². The molecule has 0 rings (SSSR count). The molecular formula is C17H36O2. The second-order valence-corrected chi connectivity index (χ2v) is 6.59. The first kappa shape index (κ1) is 18.9. The number of hydrogen-bond donors (Lipinski definition) is 0. The van der Waals surface area contributed by atoms with Gasteiger partial charge in [-0.1, -0.05) is 41.5 Å². The molecule has 0 bridgehead atoms. The van der Waals surface area contributed by atoms with E-state index in [9.17, 15) is 0 Å². The number of ether oxygens (including phenoxy) is 2. The molecule has 0 spiro atoms. The monoisotopic (exact) mass is 272 g/mol. The van der Waals surface area contributed by atoms with E-state index in [4.69, 9.17) is 9.47 Å². The van der Waals surface area contributed by atoms with Gasteiger partial charge in [-0.25, -0.2) is 0 Å². The van der Waals surface area contributed by atoms with E-state index >= 15 is 0 Å². The van der Waals surface area contributed by atoms with E-state index in [0.717, 1.165) is 51.9 Å². The first-order valence-electron chi connectivity index (χ1n) is 8.17. The second-order valence-electron chi connectivity index (χ2n) is 6.59. The van der Waals surface area contributed by atoms with E-state index in [1.807, 2.05) is 0 Å². The second kappa shape index (κ2) is 10.7. The summed E-state index contributed by atoms with van der Waals surface area (Å²) in [5.74, 6) is 1.34. The minimum absolute atomic E-state index is 0.0199. The van der Waals surface area contributed by atoms with Gasteiger partial charge in [0.15, 0.2) is 0 Å². The summed E-state index contributed by atoms with van der Waals surface area (Å²) in [6, 6.07) is 0. The average Bonchev–Trinajstić information content (AvgIpc) is 2.30. The van der Waals surface area contributed by atoms with E-state index < -0.39 is 0 Å². The summed E-state index contributed by atoms with van der Waals surface area (Å²) >= 11 is 0. The molecule has 0 aliphatic rings. The summed E-state index contributed by atoms with van der Waals surface area (Å²) < 4.78 is 12.0. The molecule has 2 nitrogen and oxygen atoms in total. The maximum absolute atomic E-state index is 6.30. The predicted molar refractivity (Wildman–Crippen MR) is 83.6 cm³/mol. The largest absolute Gasteiger partial charge is 0.381 e. The molecule has 0 aromatic carbocycles. The van der Waals surface area contributed by atoms with E-state index in [0.29, 0.717) is 11.8 Å². The Kier molecular flexibility index (Phi) is 10.6. The lowest BCUT2D eigenvalue weighted by molar-refractivity contribution is -0.0900. The van der Waals surface area contributed by atoms with Gasteiger partial charge in [-0.15, -0.1) is 0 Å². The van der Waals surface area contributed by atoms with Crippen molar-refractivity contribution in [1.82, 2.24) is 0 Å². The molecule has 0 N–H and O–H groups in total. The molecular weight excluding hydrogens is 236 g/mol. The van der Waals surface area contributed by atoms with Crippen molar-refractivity contribution in [3.8, 4) is 0 Å². The Hall–Kier alpha value is -0.0800. The van der Waals surface area contributed by atoms with Gasteiger partial charge in [-0.3, -0.25) is 0 Å². The molecule has 0 aromatic rings. The molecule has 0 aliphatic heterocycles. The van der Waals surface area contributed by atoms with Gasteiger partial charge in [0.1, 0.15) is 0 Å². The summed E-state index contributed by atoms with van der Waals surface area (Å²) in [6.07, 6.45) is 5.50. The van der Waals surface area contributed by atoms with Crippen molar-refractivity contribution in [1.29, 1.82) is 0 Å². The van der Waals surface area contributed by atoms with E-state index in [2.05, 4.69) is 41.5 Å². The van der Waals surface area contributed by atoms with Crippen LogP contribution in [0.15, 0.2) is 0 Å². The maximum atomic E-state index is 6.30. The van der Waals surface area contributed by atoms with Gasteiger partial charge in [0.05, 0.1) is 5.60 Å². The molecule has 0 heterocycles. The minimum atomic E-state index is 0.0199. The quantitative estimate of drug-likeness (QED) is 0.462. The summed E-state index contributed by atoms with van der Waals surface area (Å²) in [6.45, 7) is 16.1. The SMILES string of the molecule is CCCOCCC(CC(C)C)(CC(C)C)OCCC. The molecule has 19 heavy (non-hydrogen) atoms. The molecule has 2 heteroatoms. The standard InChI is InChI=1S/C17H36O2/c1-7-10-18-12-9-17(13-15(3)4,14-16(5)6)19-11-8-2/h15-16H,7-14H2,1-6H3. The fourth-order valence-electron chi connectivity index (χ4n) is 2.79. The average molecular weight is 272 g/mol. The van der Waals surface area contributed by atoms with Crippen LogP contribution in [0.25, 0.3) is 0 Å². The lowest BCUT2D eigenvalue weighted by Gasteiger charge is -2.37. The Balaban J connectivity index is 4.58. The zero-order valence-electron chi connectivity index (χ0n) is 14.1. The molecule has 0 aliphatic carbocycles. The highest BCUT2D eigenvalue weighted by molar-refractivity contribution is 4.83. The topological polar surface area (TPSA) is 18.5 Å². The highest BCUT2D eigenvalue weighted by Gasteiger charge is 2.32. The maximum Gasteiger partial charge on any atom is 0.0709 e. The van der Waals surface area contributed by atoms with E-state index in [1.165, 1.54) is 0 Å². The Labute approximate surface area is 121 Å². The van der Waals surface area contributed by atoms with Crippen molar-refractivity contribution in [2.45, 2.75) is 79.2 Å². The van der Waals surface area contributed by atoms with Crippen LogP contribution in [0, 0.1) is 11.8 Å². The van der Waals surface area contributed by atoms with E-state index in [1.54, 1.807) is 0 Å². The van der Waals surface area contributed by atoms with Crippen LogP contribution in [-0.4, -0.2) is 25.4 Å². The van der Waals surface area contributed by atoms with Gasteiger partial charge in [-0.2, -0.15) is 0 Å². The van der Waals surface area contributed by atoms with E-state index in [-0.39, 0.29) is 5.60 Å². The summed E-state index contributed by atoms with van der Waals surface area (Å²) in [5, 5.41) is 0. The van der Waals surface area contributed by atoms with Crippen molar-refractivity contribution in [2.24, 2.45) is 11.8 Å². The lowest BCUT2D eigenvalue weighted by Crippen LogP contribution is -2.37. The van der Waals surface area contributed by atoms with Crippen LogP contribution in [0.2, 0.25) is 0 Å². The predicted octanol–water partition coefficient (Wildman–Crippen LogP) is 5.06. The van der Waals surface area contributed by atoms with Gasteiger partial charge < -0.3 is 9.47 Å². The van der Waals surface area contributed by atoms with Crippen LogP contribution in [0.1, 0.15) is 73.6 Å². The van der Waals surface area contributed by atoms with Crippen LogP contribution in [0.3, 0.4) is 0 Å². The first-order chi connectivity index (χ1) is 8.95. The normalized spacial score (nSPS) is 12.6. The van der Waals surface area contributed by atoms with Crippen molar-refractivity contribution < 1.29 is 9.47 Å². The number of rotatable bonds is 12. The van der Waals surface area contributed by atoms with Gasteiger partial charge in [-0.05, 0) is 43.9 Å². The third kappa shape index (κ3) is 9.45. The van der Waals surface area contributed by atoms with Crippen LogP contribution in [-0.2, 0) is 9.47 Å². The van der Waals surface area contributed by atoms with Crippen molar-refractivity contribution in [3.05, 3.63) is 0 Å². The molecule has 0 amide bonds. The molecule has 116 valence electrons. The Morgan fingerprint density at radius 2 is 1.32 bits per heavy atom. The fraction of sp³-hybridized carbons (Fsp3) is 1.00. The Morgan fingerprint density at radius 3 is 1.74 bits per heavy atom. The van der Waals surface area contributed by atoms with Crippen molar-refractivity contribution >= 4 is 0 Å². The highest BCUT2D eigenvalue weighted by Crippen LogP contribution is 2.32. The van der Waals surface area contributed by atoms with Crippen LogP contribution >= 0.6 is 0 Å². The van der Waals surface area contributed by atoms with Crippen LogP contribution in [0.5, 0.6) is 0 Å². The molecule has 0 unspecified atom stereocenters. The molecule has 0 radical (unpaired) electrons. The fourth-order valence-corrected chi connectivity index (χ4v) is 2.79. The number of hydrogen-bond acceptors (Lipinski definition) is 2. The smallest absolute Gasteiger partial charge is 0.0709 e. The Bertz CT molecular complexity index is 189. The minimum Gasteiger partial charge on any atom is -0.381 e. The van der Waals surface area contributed by atoms with Crippen LogP contribution < -0.4 is 0 Å². The summed E-state index contributed by atoms with van der Waals surface area (Å²) in [5.41, 5.74) is 0.0199. The van der Waals surface area contributed by atoms with Gasteiger partial charge in [0.25, 0.3) is 0 Å². The molecule has 0 fully saturated rings. The zero-order valence-corrected chi connectivity index (χ0v) is 14.1. The molecule has 0 saturated carbocycles. The summed E-state index contributed by atoms with van der Waals surface area (Å²) in [4.78, 5) is 0. The van der Waals surface area contributed by atoms with Gasteiger partial charge in [0.2, 0.25) is 0 Å². The zero-order chi connectivity index (χ0) is 14.7. The lowest BCUT2D eigenvalue weighted by atomic mass is 9.82. The third-order valence-corrected chi connectivity index (χ3v) is 3.22. The molecule has 0 saturated heterocycles. The van der Waals surface area contributed by atoms with Crippen molar-refractivity contribution in [3.63, 3.8) is 0 Å². The highest BCUT2D eigenvalue weighted by atomic mass is 16.5. The molecule has 0 atom stereocenters. The Morgan fingerprint density at radius 1 is 0.789 bits per heavy atom. The summed E-state index contributed by atoms with van der Waals surface area (Å²) in [7, 11) is 0. The molecule has 0 aromatic heterocycles. The van der Waals surface area contributed by atoms with Gasteiger partial charge >= 0.3 is 0 Å². The van der Waals surface area contributed by atoms with Crippen molar-refractivity contribution in [2.75, 3.05) is 19.8 Å². The first-order valence-corrected chi connectivity index (χ1v) is 8.17. The third-order valence-electron chi connectivity index (χ3n) is 3.22. The van der Waals surface area contributed by atoms with Gasteiger partial charge in [0, 0.05) is 19.8 Å².